The lowest BCUT2D eigenvalue weighted by Gasteiger charge is -2.31. The number of amides is 1. The van der Waals surface area contributed by atoms with E-state index in [4.69, 9.17) is 4.74 Å². The number of likely N-dealkylation sites (N-methyl/N-ethyl adjacent to an activating group) is 1. The third kappa shape index (κ3) is 7.30. The molecule has 1 aromatic carbocycles. The third-order valence-corrected chi connectivity index (χ3v) is 6.00. The summed E-state index contributed by atoms with van der Waals surface area (Å²) in [5, 5.41) is 6.55. The summed E-state index contributed by atoms with van der Waals surface area (Å²) >= 11 is 0. The van der Waals surface area contributed by atoms with Crippen LogP contribution < -0.4 is 15.4 Å². The molecule has 1 amide bonds. The van der Waals surface area contributed by atoms with Crippen LogP contribution >= 0.6 is 0 Å². The smallest absolute Gasteiger partial charge is 0.240 e. The second-order valence-electron chi connectivity index (χ2n) is 6.89. The lowest BCUT2D eigenvalue weighted by Crippen LogP contribution is -2.51. The maximum atomic E-state index is 12.4. The summed E-state index contributed by atoms with van der Waals surface area (Å²) < 4.78 is 32.1. The number of likely N-dealkylation sites (tertiary alicyclic amines) is 1. The van der Waals surface area contributed by atoms with E-state index < -0.39 is 10.0 Å². The van der Waals surface area contributed by atoms with Gasteiger partial charge in [0.2, 0.25) is 15.9 Å². The zero-order chi connectivity index (χ0) is 21.3. The summed E-state index contributed by atoms with van der Waals surface area (Å²) in [6.45, 7) is 4.16. The Morgan fingerprint density at radius 2 is 2.17 bits per heavy atom. The van der Waals surface area contributed by atoms with Gasteiger partial charge in [-0.1, -0.05) is 12.1 Å². The number of methoxy groups -OCH3 is 1. The molecule has 9 nitrogen and oxygen atoms in total. The normalized spacial score (nSPS) is 18.0. The van der Waals surface area contributed by atoms with Gasteiger partial charge in [-0.05, 0) is 31.0 Å². The molecule has 2 rings (SSSR count). The number of carbonyl (C=O) groups is 1. The van der Waals surface area contributed by atoms with E-state index in [1.54, 1.807) is 30.1 Å². The molecule has 0 bridgehead atoms. The number of aliphatic imine (C=N–C) groups is 1. The van der Waals surface area contributed by atoms with Crippen LogP contribution in [0.4, 0.5) is 0 Å². The summed E-state index contributed by atoms with van der Waals surface area (Å²) in [4.78, 5) is 18.1. The topological polar surface area (TPSA) is 112 Å². The lowest BCUT2D eigenvalue weighted by molar-refractivity contribution is -0.132. The summed E-state index contributed by atoms with van der Waals surface area (Å²) in [5.41, 5.74) is 0.785. The summed E-state index contributed by atoms with van der Waals surface area (Å²) in [5.74, 6) is 0.800. The van der Waals surface area contributed by atoms with Gasteiger partial charge in [-0.25, -0.2) is 18.1 Å². The van der Waals surface area contributed by atoms with Crippen LogP contribution in [0, 0.1) is 0 Å². The molecule has 1 aliphatic rings. The molecule has 1 saturated heterocycles. The second kappa shape index (κ2) is 11.1. The molecule has 1 heterocycles. The SMILES string of the molecule is CCNC(=NCc1cccc(S(=O)(=O)NCCOC)c1)NC1CCC(=O)N(C)C1. The second-order valence-corrected chi connectivity index (χ2v) is 8.65. The number of benzene rings is 1. The van der Waals surface area contributed by atoms with Crippen LogP contribution in [-0.4, -0.2) is 71.6 Å². The highest BCUT2D eigenvalue weighted by atomic mass is 32.2. The maximum Gasteiger partial charge on any atom is 0.240 e. The summed E-state index contributed by atoms with van der Waals surface area (Å²) in [6.07, 6.45) is 1.28. The van der Waals surface area contributed by atoms with Crippen molar-refractivity contribution in [1.29, 1.82) is 0 Å². The Bertz CT molecular complexity index is 813. The van der Waals surface area contributed by atoms with Gasteiger partial charge in [0.15, 0.2) is 5.96 Å². The van der Waals surface area contributed by atoms with Crippen LogP contribution in [0.5, 0.6) is 0 Å². The Morgan fingerprint density at radius 3 is 2.86 bits per heavy atom. The monoisotopic (exact) mass is 425 g/mol. The highest BCUT2D eigenvalue weighted by Gasteiger charge is 2.23. The number of guanidine groups is 1. The Labute approximate surface area is 173 Å². The van der Waals surface area contributed by atoms with Crippen LogP contribution in [0.3, 0.4) is 0 Å². The van der Waals surface area contributed by atoms with Crippen LogP contribution in [-0.2, 0) is 26.1 Å². The van der Waals surface area contributed by atoms with Crippen LogP contribution in [0.15, 0.2) is 34.2 Å². The first-order chi connectivity index (χ1) is 13.9. The van der Waals surface area contributed by atoms with Gasteiger partial charge in [0.25, 0.3) is 0 Å². The molecule has 10 heteroatoms. The van der Waals surface area contributed by atoms with Crippen molar-refractivity contribution in [1.82, 2.24) is 20.3 Å². The van der Waals surface area contributed by atoms with Crippen molar-refractivity contribution in [2.75, 3.05) is 40.4 Å². The lowest BCUT2D eigenvalue weighted by atomic mass is 10.1. The van der Waals surface area contributed by atoms with E-state index in [0.717, 1.165) is 12.0 Å². The van der Waals surface area contributed by atoms with Crippen LogP contribution in [0.1, 0.15) is 25.3 Å². The van der Waals surface area contributed by atoms with Crippen molar-refractivity contribution < 1.29 is 17.9 Å². The van der Waals surface area contributed by atoms with Crippen LogP contribution in [0.2, 0.25) is 0 Å². The summed E-state index contributed by atoms with van der Waals surface area (Å²) in [6, 6.07) is 6.86. The van der Waals surface area contributed by atoms with Gasteiger partial charge in [0, 0.05) is 46.3 Å². The predicted molar refractivity (Wildman–Crippen MR) is 112 cm³/mol. The van der Waals surface area contributed by atoms with Gasteiger partial charge in [-0.3, -0.25) is 4.79 Å². The van der Waals surface area contributed by atoms with Crippen molar-refractivity contribution in [3.8, 4) is 0 Å². The molecule has 0 aromatic heterocycles. The number of ether oxygens (including phenoxy) is 1. The first kappa shape index (κ1) is 23.1. The fourth-order valence-corrected chi connectivity index (χ4v) is 4.07. The number of nitrogens with one attached hydrogen (secondary N) is 3. The average Bonchev–Trinajstić information content (AvgIpc) is 2.69. The van der Waals surface area contributed by atoms with Crippen molar-refractivity contribution in [2.24, 2.45) is 4.99 Å². The van der Waals surface area contributed by atoms with E-state index in [2.05, 4.69) is 20.3 Å². The van der Waals surface area contributed by atoms with E-state index in [-0.39, 0.29) is 23.4 Å². The maximum absolute atomic E-state index is 12.4. The van der Waals surface area contributed by atoms with E-state index in [0.29, 0.717) is 38.6 Å². The van der Waals surface area contributed by atoms with Gasteiger partial charge in [-0.15, -0.1) is 0 Å². The fraction of sp³-hybridized carbons (Fsp3) is 0.579. The predicted octanol–water partition coefficient (Wildman–Crippen LogP) is 0.287. The molecule has 0 aliphatic carbocycles. The van der Waals surface area contributed by atoms with Crippen molar-refractivity contribution in [3.05, 3.63) is 29.8 Å². The van der Waals surface area contributed by atoms with E-state index in [9.17, 15) is 13.2 Å². The Balaban J connectivity index is 2.04. The molecule has 0 saturated carbocycles. The number of sulfonamides is 1. The minimum Gasteiger partial charge on any atom is -0.383 e. The minimum absolute atomic E-state index is 0.132. The standard InChI is InChI=1S/C19H31N5O4S/c1-4-20-19(23-16-8-9-18(25)24(2)14-16)21-13-15-6-5-7-17(12-15)29(26,27)22-10-11-28-3/h5-7,12,16,22H,4,8-11,13-14H2,1-3H3,(H2,20,21,23). The van der Waals surface area contributed by atoms with Crippen LogP contribution in [0.25, 0.3) is 0 Å². The van der Waals surface area contributed by atoms with Gasteiger partial charge >= 0.3 is 0 Å². The summed E-state index contributed by atoms with van der Waals surface area (Å²) in [7, 11) is -0.267. The van der Waals surface area contributed by atoms with Gasteiger partial charge < -0.3 is 20.3 Å². The zero-order valence-electron chi connectivity index (χ0n) is 17.3. The molecule has 0 radical (unpaired) electrons. The largest absolute Gasteiger partial charge is 0.383 e. The number of hydrogen-bond donors (Lipinski definition) is 3. The molecule has 29 heavy (non-hydrogen) atoms. The molecular formula is C19H31N5O4S. The number of rotatable bonds is 9. The number of hydrogen-bond acceptors (Lipinski definition) is 5. The van der Waals surface area contributed by atoms with E-state index >= 15 is 0 Å². The Kier molecular flexibility index (Phi) is 8.87. The highest BCUT2D eigenvalue weighted by Crippen LogP contribution is 2.13. The zero-order valence-corrected chi connectivity index (χ0v) is 18.1. The molecular weight excluding hydrogens is 394 g/mol. The number of nitrogens with zero attached hydrogens (tertiary/aromatic N) is 2. The highest BCUT2D eigenvalue weighted by molar-refractivity contribution is 7.89. The Morgan fingerprint density at radius 1 is 1.38 bits per heavy atom. The quantitative estimate of drug-likeness (QED) is 0.298. The fourth-order valence-electron chi connectivity index (χ4n) is 2.99. The third-order valence-electron chi connectivity index (χ3n) is 4.54. The van der Waals surface area contributed by atoms with Gasteiger partial charge in [0.1, 0.15) is 0 Å². The molecule has 1 unspecified atom stereocenters. The average molecular weight is 426 g/mol. The molecule has 0 spiro atoms. The van der Waals surface area contributed by atoms with Crippen molar-refractivity contribution in [2.45, 2.75) is 37.2 Å². The molecule has 162 valence electrons. The molecule has 1 aliphatic heterocycles. The minimum atomic E-state index is -3.59. The molecule has 1 fully saturated rings. The van der Waals surface area contributed by atoms with Gasteiger partial charge in [0.05, 0.1) is 18.0 Å². The number of carbonyl (C=O) groups excluding carboxylic acids is 1. The van der Waals surface area contributed by atoms with Gasteiger partial charge in [-0.2, -0.15) is 0 Å². The Hall–Kier alpha value is -2.17. The van der Waals surface area contributed by atoms with E-state index in [1.807, 2.05) is 13.0 Å². The van der Waals surface area contributed by atoms with Crippen molar-refractivity contribution >= 4 is 21.9 Å². The van der Waals surface area contributed by atoms with Crippen molar-refractivity contribution in [3.63, 3.8) is 0 Å². The van der Waals surface area contributed by atoms with E-state index in [1.165, 1.54) is 7.11 Å². The first-order valence-electron chi connectivity index (χ1n) is 9.72. The molecule has 1 atom stereocenters. The number of piperidine rings is 1. The molecule has 3 N–H and O–H groups in total. The molecule has 1 aromatic rings. The first-order valence-corrected chi connectivity index (χ1v) is 11.2.